The highest BCUT2D eigenvalue weighted by Gasteiger charge is 2.16. The molecular formula is C16H24BrClN2O2. The zero-order valence-electron chi connectivity index (χ0n) is 13.5. The maximum atomic E-state index is 12.1. The summed E-state index contributed by atoms with van der Waals surface area (Å²) in [6.45, 7) is 10.6. The molecule has 22 heavy (non-hydrogen) atoms. The highest BCUT2D eigenvalue weighted by molar-refractivity contribution is 9.10. The standard InChI is InChI=1S/C16H24BrClN2O2/c1-5-20(11(2)3)9-8-19-16(21)12(4)22-15-7-6-13(18)10-14(15)17/h6-7,10-12H,5,8-9H2,1-4H3,(H,19,21). The van der Waals surface area contributed by atoms with Crippen molar-refractivity contribution in [2.24, 2.45) is 0 Å². The molecule has 1 amide bonds. The van der Waals surface area contributed by atoms with Gasteiger partial charge in [0.15, 0.2) is 6.10 Å². The van der Waals surface area contributed by atoms with Crippen molar-refractivity contribution >= 4 is 33.4 Å². The Labute approximate surface area is 146 Å². The third-order valence-corrected chi connectivity index (χ3v) is 4.26. The Hall–Kier alpha value is -0.780. The van der Waals surface area contributed by atoms with Crippen molar-refractivity contribution in [1.82, 2.24) is 10.2 Å². The van der Waals surface area contributed by atoms with Crippen LogP contribution in [0.4, 0.5) is 0 Å². The van der Waals surface area contributed by atoms with Gasteiger partial charge in [0.05, 0.1) is 4.47 Å². The molecule has 1 atom stereocenters. The molecule has 1 N–H and O–H groups in total. The highest BCUT2D eigenvalue weighted by Crippen LogP contribution is 2.28. The van der Waals surface area contributed by atoms with E-state index in [0.717, 1.165) is 17.6 Å². The minimum absolute atomic E-state index is 0.123. The number of ether oxygens (including phenoxy) is 1. The van der Waals surface area contributed by atoms with Crippen LogP contribution in [0.1, 0.15) is 27.7 Å². The predicted molar refractivity (Wildman–Crippen MR) is 94.6 cm³/mol. The van der Waals surface area contributed by atoms with Crippen LogP contribution in [-0.4, -0.2) is 42.6 Å². The number of carbonyl (C=O) groups excluding carboxylic acids is 1. The van der Waals surface area contributed by atoms with Crippen LogP contribution < -0.4 is 10.1 Å². The van der Waals surface area contributed by atoms with Crippen molar-refractivity contribution in [2.75, 3.05) is 19.6 Å². The molecule has 4 nitrogen and oxygen atoms in total. The molecule has 6 heteroatoms. The van der Waals surface area contributed by atoms with Gasteiger partial charge in [-0.2, -0.15) is 0 Å². The topological polar surface area (TPSA) is 41.6 Å². The molecule has 124 valence electrons. The largest absolute Gasteiger partial charge is 0.480 e. The van der Waals surface area contributed by atoms with E-state index in [0.29, 0.717) is 23.4 Å². The van der Waals surface area contributed by atoms with Crippen LogP contribution in [0.25, 0.3) is 0 Å². The minimum atomic E-state index is -0.563. The van der Waals surface area contributed by atoms with Gasteiger partial charge in [-0.25, -0.2) is 0 Å². The quantitative estimate of drug-likeness (QED) is 0.734. The van der Waals surface area contributed by atoms with Gasteiger partial charge >= 0.3 is 0 Å². The Morgan fingerprint density at radius 2 is 2.09 bits per heavy atom. The van der Waals surface area contributed by atoms with Crippen LogP contribution in [-0.2, 0) is 4.79 Å². The van der Waals surface area contributed by atoms with E-state index < -0.39 is 6.10 Å². The van der Waals surface area contributed by atoms with Gasteiger partial charge in [-0.1, -0.05) is 18.5 Å². The number of halogens is 2. The van der Waals surface area contributed by atoms with E-state index >= 15 is 0 Å². The first kappa shape index (κ1) is 19.3. The molecule has 0 aliphatic heterocycles. The Kier molecular flexibility index (Phi) is 8.21. The Balaban J connectivity index is 2.45. The molecule has 1 aromatic carbocycles. The second-order valence-electron chi connectivity index (χ2n) is 5.35. The zero-order chi connectivity index (χ0) is 16.7. The molecule has 0 saturated heterocycles. The number of hydrogen-bond acceptors (Lipinski definition) is 3. The molecule has 0 radical (unpaired) electrons. The lowest BCUT2D eigenvalue weighted by Gasteiger charge is -2.25. The third kappa shape index (κ3) is 6.15. The number of carbonyl (C=O) groups is 1. The van der Waals surface area contributed by atoms with Crippen LogP contribution in [0.15, 0.2) is 22.7 Å². The van der Waals surface area contributed by atoms with Gasteiger partial charge in [-0.15, -0.1) is 0 Å². The summed E-state index contributed by atoms with van der Waals surface area (Å²) in [5, 5.41) is 3.52. The molecule has 0 fully saturated rings. The zero-order valence-corrected chi connectivity index (χ0v) is 15.9. The summed E-state index contributed by atoms with van der Waals surface area (Å²) in [6, 6.07) is 5.69. The molecule has 0 aliphatic carbocycles. The lowest BCUT2D eigenvalue weighted by atomic mass is 10.3. The molecule has 1 aromatic rings. The van der Waals surface area contributed by atoms with Gasteiger partial charge in [0.2, 0.25) is 0 Å². The van der Waals surface area contributed by atoms with Crippen LogP contribution in [0, 0.1) is 0 Å². The van der Waals surface area contributed by atoms with E-state index in [2.05, 4.69) is 46.9 Å². The van der Waals surface area contributed by atoms with Gasteiger partial charge in [-0.3, -0.25) is 9.69 Å². The third-order valence-electron chi connectivity index (χ3n) is 3.40. The number of nitrogens with one attached hydrogen (secondary N) is 1. The average Bonchev–Trinajstić information content (AvgIpc) is 2.45. The van der Waals surface area contributed by atoms with Crippen LogP contribution in [0.3, 0.4) is 0 Å². The highest BCUT2D eigenvalue weighted by atomic mass is 79.9. The lowest BCUT2D eigenvalue weighted by Crippen LogP contribution is -2.42. The summed E-state index contributed by atoms with van der Waals surface area (Å²) in [5.41, 5.74) is 0. The van der Waals surface area contributed by atoms with Gasteiger partial charge in [0.25, 0.3) is 5.91 Å². The van der Waals surface area contributed by atoms with Crippen molar-refractivity contribution in [3.8, 4) is 5.75 Å². The van der Waals surface area contributed by atoms with Crippen molar-refractivity contribution < 1.29 is 9.53 Å². The Morgan fingerprint density at radius 3 is 2.64 bits per heavy atom. The number of nitrogens with zero attached hydrogens (tertiary/aromatic N) is 1. The molecule has 0 heterocycles. The number of hydrogen-bond donors (Lipinski definition) is 1. The van der Waals surface area contributed by atoms with Crippen LogP contribution >= 0.6 is 27.5 Å². The minimum Gasteiger partial charge on any atom is -0.480 e. The molecule has 1 rings (SSSR count). The smallest absolute Gasteiger partial charge is 0.260 e. The second-order valence-corrected chi connectivity index (χ2v) is 6.64. The first-order valence-electron chi connectivity index (χ1n) is 7.48. The Morgan fingerprint density at radius 1 is 1.41 bits per heavy atom. The predicted octanol–water partition coefficient (Wildman–Crippen LogP) is 3.72. The van der Waals surface area contributed by atoms with E-state index in [1.165, 1.54) is 0 Å². The van der Waals surface area contributed by atoms with E-state index in [1.807, 2.05) is 0 Å². The summed E-state index contributed by atoms with van der Waals surface area (Å²) in [4.78, 5) is 14.4. The molecule has 0 saturated carbocycles. The molecule has 0 aromatic heterocycles. The summed E-state index contributed by atoms with van der Waals surface area (Å²) in [7, 11) is 0. The molecule has 0 spiro atoms. The summed E-state index contributed by atoms with van der Waals surface area (Å²) < 4.78 is 6.40. The van der Waals surface area contributed by atoms with E-state index in [4.69, 9.17) is 16.3 Å². The van der Waals surface area contributed by atoms with Crippen molar-refractivity contribution in [3.63, 3.8) is 0 Å². The average molecular weight is 392 g/mol. The molecular weight excluding hydrogens is 368 g/mol. The fourth-order valence-corrected chi connectivity index (χ4v) is 2.84. The fourth-order valence-electron chi connectivity index (χ4n) is 2.06. The first-order valence-corrected chi connectivity index (χ1v) is 8.65. The molecule has 0 aliphatic rings. The Bertz CT molecular complexity index is 497. The van der Waals surface area contributed by atoms with Crippen LogP contribution in [0.5, 0.6) is 5.75 Å². The first-order chi connectivity index (χ1) is 10.3. The molecule has 0 bridgehead atoms. The van der Waals surface area contributed by atoms with Crippen molar-refractivity contribution in [2.45, 2.75) is 39.8 Å². The second kappa shape index (κ2) is 9.38. The number of rotatable bonds is 8. The fraction of sp³-hybridized carbons (Fsp3) is 0.562. The summed E-state index contributed by atoms with van der Waals surface area (Å²) in [5.74, 6) is 0.478. The van der Waals surface area contributed by atoms with Gasteiger partial charge in [0, 0.05) is 24.2 Å². The SMILES string of the molecule is CCN(CCNC(=O)C(C)Oc1ccc(Cl)cc1Br)C(C)C. The maximum absolute atomic E-state index is 12.1. The van der Waals surface area contributed by atoms with Crippen molar-refractivity contribution in [1.29, 1.82) is 0 Å². The monoisotopic (exact) mass is 390 g/mol. The van der Waals surface area contributed by atoms with Crippen LogP contribution in [0.2, 0.25) is 5.02 Å². The van der Waals surface area contributed by atoms with Gasteiger partial charge in [-0.05, 0) is 61.4 Å². The molecule has 1 unspecified atom stereocenters. The normalized spacial score (nSPS) is 12.5. The van der Waals surface area contributed by atoms with Crippen molar-refractivity contribution in [3.05, 3.63) is 27.7 Å². The lowest BCUT2D eigenvalue weighted by molar-refractivity contribution is -0.127. The van der Waals surface area contributed by atoms with E-state index in [1.54, 1.807) is 25.1 Å². The number of likely N-dealkylation sites (N-methyl/N-ethyl adjacent to an activating group) is 1. The summed E-state index contributed by atoms with van der Waals surface area (Å²) >= 11 is 9.26. The maximum Gasteiger partial charge on any atom is 0.260 e. The van der Waals surface area contributed by atoms with E-state index in [-0.39, 0.29) is 5.91 Å². The summed E-state index contributed by atoms with van der Waals surface area (Å²) in [6.07, 6.45) is -0.563. The number of amides is 1. The van der Waals surface area contributed by atoms with Gasteiger partial charge < -0.3 is 10.1 Å². The van der Waals surface area contributed by atoms with Gasteiger partial charge in [0.1, 0.15) is 5.75 Å². The van der Waals surface area contributed by atoms with E-state index in [9.17, 15) is 4.79 Å². The number of benzene rings is 1.